The van der Waals surface area contributed by atoms with Crippen LogP contribution >= 0.6 is 0 Å². The summed E-state index contributed by atoms with van der Waals surface area (Å²) in [5.74, 6) is -2.04. The van der Waals surface area contributed by atoms with Gasteiger partial charge >= 0.3 is 5.97 Å². The lowest BCUT2D eigenvalue weighted by Crippen LogP contribution is -1.92. The molecule has 5 nitrogen and oxygen atoms in total. The molecule has 0 amide bonds. The van der Waals surface area contributed by atoms with Gasteiger partial charge < -0.3 is 14.6 Å². The highest BCUT2D eigenvalue weighted by molar-refractivity contribution is 6.03. The van der Waals surface area contributed by atoms with Crippen LogP contribution in [-0.4, -0.2) is 22.0 Å². The molecule has 2 N–H and O–H groups in total. The Morgan fingerprint density at radius 2 is 2.00 bits per heavy atom. The van der Waals surface area contributed by atoms with Gasteiger partial charge in [-0.3, -0.25) is 4.79 Å². The summed E-state index contributed by atoms with van der Waals surface area (Å²) in [6, 6.07) is 4.05. The second-order valence-electron chi connectivity index (χ2n) is 3.35. The number of aromatic hydroxyl groups is 1. The highest BCUT2D eigenvalue weighted by atomic mass is 16.4. The third-order valence-electron chi connectivity index (χ3n) is 2.26. The van der Waals surface area contributed by atoms with Crippen LogP contribution in [0.2, 0.25) is 0 Å². The van der Waals surface area contributed by atoms with Gasteiger partial charge in [-0.1, -0.05) is 0 Å². The molecule has 1 heterocycles. The van der Waals surface area contributed by atoms with Crippen molar-refractivity contribution in [2.45, 2.75) is 6.92 Å². The van der Waals surface area contributed by atoms with Crippen molar-refractivity contribution in [1.82, 2.24) is 0 Å². The molecule has 0 spiro atoms. The van der Waals surface area contributed by atoms with Crippen LogP contribution in [0.25, 0.3) is 11.0 Å². The van der Waals surface area contributed by atoms with Crippen LogP contribution in [0.4, 0.5) is 0 Å². The minimum absolute atomic E-state index is 0.144. The zero-order valence-corrected chi connectivity index (χ0v) is 8.35. The van der Waals surface area contributed by atoms with Crippen LogP contribution in [0, 0.1) is 0 Å². The molecule has 0 aliphatic carbocycles. The number of aromatic carboxylic acids is 1. The van der Waals surface area contributed by atoms with Crippen molar-refractivity contribution in [1.29, 1.82) is 0 Å². The summed E-state index contributed by atoms with van der Waals surface area (Å²) in [6.45, 7) is 1.32. The van der Waals surface area contributed by atoms with Crippen LogP contribution < -0.4 is 0 Å². The lowest BCUT2D eigenvalue weighted by Gasteiger charge is -1.99. The van der Waals surface area contributed by atoms with E-state index < -0.39 is 5.97 Å². The van der Waals surface area contributed by atoms with E-state index in [0.717, 1.165) is 0 Å². The van der Waals surface area contributed by atoms with E-state index in [-0.39, 0.29) is 33.8 Å². The summed E-state index contributed by atoms with van der Waals surface area (Å²) in [5, 5.41) is 18.7. The number of fused-ring (bicyclic) bond motifs is 1. The first-order chi connectivity index (χ1) is 7.50. The average molecular weight is 220 g/mol. The fraction of sp³-hybridized carbons (Fsp3) is 0.0909. The van der Waals surface area contributed by atoms with E-state index in [9.17, 15) is 14.7 Å². The van der Waals surface area contributed by atoms with Crippen molar-refractivity contribution >= 4 is 22.7 Å². The molecule has 0 unspecified atom stereocenters. The Labute approximate surface area is 89.9 Å². The Morgan fingerprint density at radius 3 is 2.56 bits per heavy atom. The number of carboxylic acids is 1. The van der Waals surface area contributed by atoms with Crippen molar-refractivity contribution in [2.75, 3.05) is 0 Å². The smallest absolute Gasteiger partial charge is 0.371 e. The Bertz CT molecular complexity index is 594. The molecule has 2 aromatic rings. The summed E-state index contributed by atoms with van der Waals surface area (Å²) in [4.78, 5) is 21.8. The van der Waals surface area contributed by atoms with Gasteiger partial charge in [0.1, 0.15) is 11.3 Å². The Hall–Kier alpha value is -2.30. The molecule has 0 fully saturated rings. The van der Waals surface area contributed by atoms with Gasteiger partial charge in [-0.05, 0) is 19.1 Å². The van der Waals surface area contributed by atoms with Gasteiger partial charge in [0.05, 0.1) is 10.9 Å². The number of furan rings is 1. The van der Waals surface area contributed by atoms with Gasteiger partial charge in [0.15, 0.2) is 5.78 Å². The Kier molecular flexibility index (Phi) is 2.16. The van der Waals surface area contributed by atoms with Crippen LogP contribution in [0.15, 0.2) is 22.6 Å². The number of rotatable bonds is 2. The fourth-order valence-electron chi connectivity index (χ4n) is 1.49. The number of carbonyl (C=O) groups excluding carboxylic acids is 1. The maximum Gasteiger partial charge on any atom is 0.371 e. The molecule has 0 saturated heterocycles. The van der Waals surface area contributed by atoms with Crippen molar-refractivity contribution in [3.05, 3.63) is 29.5 Å². The summed E-state index contributed by atoms with van der Waals surface area (Å²) in [5.41, 5.74) is 0.380. The number of phenolic OH excluding ortho intramolecular Hbond substituents is 1. The first-order valence-corrected chi connectivity index (χ1v) is 4.50. The normalized spacial score (nSPS) is 10.6. The predicted molar refractivity (Wildman–Crippen MR) is 54.8 cm³/mol. The lowest BCUT2D eigenvalue weighted by molar-refractivity contribution is 0.0664. The molecular weight excluding hydrogens is 212 g/mol. The zero-order chi connectivity index (χ0) is 11.9. The van der Waals surface area contributed by atoms with Crippen molar-refractivity contribution in [3.63, 3.8) is 0 Å². The van der Waals surface area contributed by atoms with Gasteiger partial charge in [0.2, 0.25) is 5.76 Å². The second-order valence-corrected chi connectivity index (χ2v) is 3.35. The van der Waals surface area contributed by atoms with Gasteiger partial charge in [-0.2, -0.15) is 0 Å². The maximum atomic E-state index is 11.1. The van der Waals surface area contributed by atoms with Crippen molar-refractivity contribution in [2.24, 2.45) is 0 Å². The molecular formula is C11H8O5. The van der Waals surface area contributed by atoms with E-state index in [4.69, 9.17) is 9.52 Å². The highest BCUT2D eigenvalue weighted by Gasteiger charge is 2.16. The van der Waals surface area contributed by atoms with E-state index in [0.29, 0.717) is 0 Å². The molecule has 0 aliphatic rings. The number of ketones is 1. The first kappa shape index (κ1) is 10.2. The van der Waals surface area contributed by atoms with Gasteiger partial charge in [-0.25, -0.2) is 4.79 Å². The van der Waals surface area contributed by atoms with E-state index in [1.165, 1.54) is 25.1 Å². The number of benzene rings is 1. The Morgan fingerprint density at radius 1 is 1.31 bits per heavy atom. The summed E-state index contributed by atoms with van der Waals surface area (Å²) >= 11 is 0. The first-order valence-electron chi connectivity index (χ1n) is 4.50. The third-order valence-corrected chi connectivity index (χ3v) is 2.26. The van der Waals surface area contributed by atoms with Crippen molar-refractivity contribution < 1.29 is 24.2 Å². The van der Waals surface area contributed by atoms with Crippen LogP contribution in [-0.2, 0) is 0 Å². The lowest BCUT2D eigenvalue weighted by atomic mass is 10.1. The number of carboxylic acid groups (broad SMARTS) is 1. The van der Waals surface area contributed by atoms with Gasteiger partial charge in [0, 0.05) is 6.07 Å². The fourth-order valence-corrected chi connectivity index (χ4v) is 1.49. The molecule has 2 rings (SSSR count). The van der Waals surface area contributed by atoms with Crippen molar-refractivity contribution in [3.8, 4) is 5.75 Å². The number of Topliss-reactive ketones (excluding diaryl/α,β-unsaturated/α-hetero) is 1. The van der Waals surface area contributed by atoms with E-state index >= 15 is 0 Å². The molecule has 82 valence electrons. The van der Waals surface area contributed by atoms with Gasteiger partial charge in [-0.15, -0.1) is 0 Å². The molecule has 1 aromatic carbocycles. The SMILES string of the molecule is CC(=O)c1ccc2oc(C(=O)O)cc2c1O. The molecule has 0 atom stereocenters. The van der Waals surface area contributed by atoms with Crippen LogP contribution in [0.1, 0.15) is 27.8 Å². The zero-order valence-electron chi connectivity index (χ0n) is 8.35. The molecule has 16 heavy (non-hydrogen) atoms. The van der Waals surface area contributed by atoms with Crippen LogP contribution in [0.3, 0.4) is 0 Å². The third kappa shape index (κ3) is 1.42. The highest BCUT2D eigenvalue weighted by Crippen LogP contribution is 2.31. The summed E-state index contributed by atoms with van der Waals surface area (Å²) in [7, 11) is 0. The number of carbonyl (C=O) groups is 2. The minimum atomic E-state index is -1.22. The maximum absolute atomic E-state index is 11.1. The summed E-state index contributed by atoms with van der Waals surface area (Å²) in [6.07, 6.45) is 0. The number of phenols is 1. The van der Waals surface area contributed by atoms with E-state index in [1.54, 1.807) is 0 Å². The Balaban J connectivity index is 2.74. The number of hydrogen-bond acceptors (Lipinski definition) is 4. The quantitative estimate of drug-likeness (QED) is 0.756. The van der Waals surface area contributed by atoms with E-state index in [2.05, 4.69) is 0 Å². The molecule has 0 saturated carbocycles. The van der Waals surface area contributed by atoms with Crippen LogP contribution in [0.5, 0.6) is 5.75 Å². The topological polar surface area (TPSA) is 87.7 Å². The second kappa shape index (κ2) is 3.37. The molecule has 1 aromatic heterocycles. The molecule has 0 radical (unpaired) electrons. The average Bonchev–Trinajstić information content (AvgIpc) is 2.62. The van der Waals surface area contributed by atoms with Gasteiger partial charge in [0.25, 0.3) is 0 Å². The van der Waals surface area contributed by atoms with E-state index in [1.807, 2.05) is 0 Å². The largest absolute Gasteiger partial charge is 0.506 e. The molecule has 5 heteroatoms. The molecule has 0 aliphatic heterocycles. The summed E-state index contributed by atoms with van der Waals surface area (Å²) < 4.78 is 4.97. The standard InChI is InChI=1S/C11H8O5/c1-5(12)6-2-3-8-7(10(6)13)4-9(16-8)11(14)15/h2-4,13H,1H3,(H,14,15). The monoisotopic (exact) mass is 220 g/mol. The minimum Gasteiger partial charge on any atom is -0.506 e. The number of hydrogen-bond donors (Lipinski definition) is 2. The molecule has 0 bridgehead atoms. The predicted octanol–water partition coefficient (Wildman–Crippen LogP) is 2.04.